The number of rotatable bonds is 5. The van der Waals surface area contributed by atoms with Gasteiger partial charge in [0.05, 0.1) is 23.9 Å². The Balaban J connectivity index is 1.97. The molecule has 0 bridgehead atoms. The number of carbonyl (C=O) groups excluding carboxylic acids is 1. The highest BCUT2D eigenvalue weighted by molar-refractivity contribution is 7.09. The molecule has 1 N–H and O–H groups in total. The molecule has 1 amide bonds. The van der Waals surface area contributed by atoms with Gasteiger partial charge in [0.25, 0.3) is 5.91 Å². The van der Waals surface area contributed by atoms with Crippen LogP contribution in [0.1, 0.15) is 28.0 Å². The van der Waals surface area contributed by atoms with Crippen LogP contribution in [0.5, 0.6) is 5.75 Å². The predicted molar refractivity (Wildman–Crippen MR) is 75.6 cm³/mol. The summed E-state index contributed by atoms with van der Waals surface area (Å²) in [6.45, 7) is 4.89. The van der Waals surface area contributed by atoms with Crippen molar-refractivity contribution in [2.75, 3.05) is 6.61 Å². The quantitative estimate of drug-likeness (QED) is 0.913. The number of nitrogens with one attached hydrogen (secondary N) is 1. The maximum Gasteiger partial charge on any atom is 0.251 e. The maximum absolute atomic E-state index is 12.0. The summed E-state index contributed by atoms with van der Waals surface area (Å²) in [5.41, 5.74) is 1.48. The number of aryl methyl sites for hydroxylation is 1. The molecule has 19 heavy (non-hydrogen) atoms. The third-order valence-electron chi connectivity index (χ3n) is 2.50. The van der Waals surface area contributed by atoms with E-state index in [0.29, 0.717) is 24.5 Å². The van der Waals surface area contributed by atoms with Crippen molar-refractivity contribution in [1.82, 2.24) is 10.3 Å². The molecule has 4 nitrogen and oxygen atoms in total. The Morgan fingerprint density at radius 3 is 3.00 bits per heavy atom. The van der Waals surface area contributed by atoms with E-state index >= 15 is 0 Å². The lowest BCUT2D eigenvalue weighted by atomic mass is 10.2. The third kappa shape index (κ3) is 3.79. The second kappa shape index (κ2) is 6.33. The highest BCUT2D eigenvalue weighted by Gasteiger charge is 2.07. The molecule has 0 aliphatic carbocycles. The summed E-state index contributed by atoms with van der Waals surface area (Å²) >= 11 is 1.58. The van der Waals surface area contributed by atoms with Crippen molar-refractivity contribution < 1.29 is 9.53 Å². The van der Waals surface area contributed by atoms with Crippen molar-refractivity contribution in [3.63, 3.8) is 0 Å². The molecular formula is C14H16N2O2S. The van der Waals surface area contributed by atoms with Crippen LogP contribution in [0.4, 0.5) is 0 Å². The van der Waals surface area contributed by atoms with E-state index in [1.165, 1.54) is 0 Å². The van der Waals surface area contributed by atoms with Gasteiger partial charge in [-0.3, -0.25) is 4.79 Å². The first-order valence-corrected chi connectivity index (χ1v) is 6.99. The molecule has 0 fully saturated rings. The molecule has 0 saturated carbocycles. The Bertz CT molecular complexity index is 566. The normalized spacial score (nSPS) is 10.2. The molecule has 0 aliphatic heterocycles. The second-order valence-electron chi connectivity index (χ2n) is 4.00. The van der Waals surface area contributed by atoms with Crippen LogP contribution in [-0.4, -0.2) is 17.5 Å². The lowest BCUT2D eigenvalue weighted by Crippen LogP contribution is -2.22. The van der Waals surface area contributed by atoms with Gasteiger partial charge in [-0.05, 0) is 32.0 Å². The number of hydrogen-bond donors (Lipinski definition) is 1. The first-order valence-electron chi connectivity index (χ1n) is 6.11. The number of benzene rings is 1. The van der Waals surface area contributed by atoms with Gasteiger partial charge in [-0.25, -0.2) is 4.98 Å². The zero-order valence-electron chi connectivity index (χ0n) is 11.0. The highest BCUT2D eigenvalue weighted by Crippen LogP contribution is 2.13. The first-order chi connectivity index (χ1) is 9.19. The van der Waals surface area contributed by atoms with Crippen molar-refractivity contribution in [2.24, 2.45) is 0 Å². The topological polar surface area (TPSA) is 51.2 Å². The molecule has 1 heterocycles. The lowest BCUT2D eigenvalue weighted by Gasteiger charge is -2.06. The second-order valence-corrected chi connectivity index (χ2v) is 5.06. The number of ether oxygens (including phenoxy) is 1. The van der Waals surface area contributed by atoms with Crippen LogP contribution in [0.15, 0.2) is 29.6 Å². The molecule has 1 aromatic carbocycles. The smallest absolute Gasteiger partial charge is 0.251 e. The Hall–Kier alpha value is -1.88. The fourth-order valence-corrected chi connectivity index (χ4v) is 2.27. The van der Waals surface area contributed by atoms with Crippen LogP contribution in [0.2, 0.25) is 0 Å². The number of amides is 1. The Morgan fingerprint density at radius 1 is 1.47 bits per heavy atom. The van der Waals surface area contributed by atoms with Crippen molar-refractivity contribution in [3.8, 4) is 5.75 Å². The van der Waals surface area contributed by atoms with E-state index in [4.69, 9.17) is 4.74 Å². The van der Waals surface area contributed by atoms with Crippen LogP contribution in [0.3, 0.4) is 0 Å². The molecule has 0 radical (unpaired) electrons. The highest BCUT2D eigenvalue weighted by atomic mass is 32.1. The fraction of sp³-hybridized carbons (Fsp3) is 0.286. The van der Waals surface area contributed by atoms with Gasteiger partial charge >= 0.3 is 0 Å². The molecule has 2 rings (SSSR count). The standard InChI is InChI=1S/C14H16N2O2S/c1-3-18-13-6-4-5-11(7-13)14(17)15-8-12-9-19-10(2)16-12/h4-7,9H,3,8H2,1-2H3,(H,15,17). The molecule has 100 valence electrons. The van der Waals surface area contributed by atoms with Crippen molar-refractivity contribution in [2.45, 2.75) is 20.4 Å². The van der Waals surface area contributed by atoms with Crippen LogP contribution in [0, 0.1) is 6.92 Å². The minimum absolute atomic E-state index is 0.118. The van der Waals surface area contributed by atoms with Gasteiger partial charge in [0.1, 0.15) is 5.75 Å². The summed E-state index contributed by atoms with van der Waals surface area (Å²) in [6.07, 6.45) is 0. The minimum Gasteiger partial charge on any atom is -0.494 e. The summed E-state index contributed by atoms with van der Waals surface area (Å²) in [5, 5.41) is 5.80. The van der Waals surface area contributed by atoms with E-state index in [1.807, 2.05) is 31.4 Å². The van der Waals surface area contributed by atoms with Crippen LogP contribution in [-0.2, 0) is 6.54 Å². The van der Waals surface area contributed by atoms with Gasteiger partial charge < -0.3 is 10.1 Å². The minimum atomic E-state index is -0.118. The van der Waals surface area contributed by atoms with Gasteiger partial charge in [0.15, 0.2) is 0 Å². The molecule has 5 heteroatoms. The Labute approximate surface area is 116 Å². The van der Waals surface area contributed by atoms with E-state index < -0.39 is 0 Å². The maximum atomic E-state index is 12.0. The van der Waals surface area contributed by atoms with E-state index in [2.05, 4.69) is 10.3 Å². The third-order valence-corrected chi connectivity index (χ3v) is 3.33. The molecule has 0 spiro atoms. The summed E-state index contributed by atoms with van der Waals surface area (Å²) in [7, 11) is 0. The molecule has 1 aromatic heterocycles. The van der Waals surface area contributed by atoms with Crippen LogP contribution >= 0.6 is 11.3 Å². The molecule has 0 unspecified atom stereocenters. The van der Waals surface area contributed by atoms with Gasteiger partial charge in [0, 0.05) is 10.9 Å². The van der Waals surface area contributed by atoms with Crippen LogP contribution in [0.25, 0.3) is 0 Å². The summed E-state index contributed by atoms with van der Waals surface area (Å²) in [6, 6.07) is 7.16. The summed E-state index contributed by atoms with van der Waals surface area (Å²) in [5.74, 6) is 0.590. The number of carbonyl (C=O) groups is 1. The molecule has 0 saturated heterocycles. The lowest BCUT2D eigenvalue weighted by molar-refractivity contribution is 0.0950. The molecule has 2 aromatic rings. The van der Waals surface area contributed by atoms with Gasteiger partial charge in [0.2, 0.25) is 0 Å². The van der Waals surface area contributed by atoms with E-state index in [0.717, 1.165) is 10.7 Å². The van der Waals surface area contributed by atoms with Crippen molar-refractivity contribution in [3.05, 3.63) is 45.9 Å². The van der Waals surface area contributed by atoms with Gasteiger partial charge in [-0.15, -0.1) is 11.3 Å². The van der Waals surface area contributed by atoms with Crippen molar-refractivity contribution >= 4 is 17.2 Å². The average Bonchev–Trinajstić information content (AvgIpc) is 2.82. The van der Waals surface area contributed by atoms with E-state index in [9.17, 15) is 4.79 Å². The van der Waals surface area contributed by atoms with E-state index in [1.54, 1.807) is 23.5 Å². The SMILES string of the molecule is CCOc1cccc(C(=O)NCc2csc(C)n2)c1. The fourth-order valence-electron chi connectivity index (χ4n) is 1.66. The van der Waals surface area contributed by atoms with E-state index in [-0.39, 0.29) is 5.91 Å². The zero-order chi connectivity index (χ0) is 13.7. The molecule has 0 aliphatic rings. The largest absolute Gasteiger partial charge is 0.494 e. The first kappa shape index (κ1) is 13.5. The molecule has 0 atom stereocenters. The summed E-state index contributed by atoms with van der Waals surface area (Å²) in [4.78, 5) is 16.3. The number of thiazole rings is 1. The zero-order valence-corrected chi connectivity index (χ0v) is 11.8. The van der Waals surface area contributed by atoms with Gasteiger partial charge in [-0.2, -0.15) is 0 Å². The average molecular weight is 276 g/mol. The Kier molecular flexibility index (Phi) is 4.52. The monoisotopic (exact) mass is 276 g/mol. The number of hydrogen-bond acceptors (Lipinski definition) is 4. The predicted octanol–water partition coefficient (Wildman–Crippen LogP) is 2.78. The number of nitrogens with zero attached hydrogens (tertiary/aromatic N) is 1. The Morgan fingerprint density at radius 2 is 2.32 bits per heavy atom. The van der Waals surface area contributed by atoms with Crippen LogP contribution < -0.4 is 10.1 Å². The molecular weight excluding hydrogens is 260 g/mol. The van der Waals surface area contributed by atoms with Crippen molar-refractivity contribution in [1.29, 1.82) is 0 Å². The summed E-state index contributed by atoms with van der Waals surface area (Å²) < 4.78 is 5.37. The van der Waals surface area contributed by atoms with Gasteiger partial charge in [-0.1, -0.05) is 6.07 Å². The number of aromatic nitrogens is 1.